The summed E-state index contributed by atoms with van der Waals surface area (Å²) in [4.78, 5) is 4.70. The number of anilines is 1. The van der Waals surface area contributed by atoms with E-state index < -0.39 is 10.0 Å². The molecule has 0 saturated heterocycles. The maximum absolute atomic E-state index is 12.2. The fraction of sp³-hybridized carbons (Fsp3) is 0.182. The maximum atomic E-state index is 12.2. The summed E-state index contributed by atoms with van der Waals surface area (Å²) in [5, 5.41) is 0. The van der Waals surface area contributed by atoms with Crippen LogP contribution in [-0.4, -0.2) is 13.4 Å². The van der Waals surface area contributed by atoms with Crippen LogP contribution in [0.4, 0.5) is 5.82 Å². The molecule has 2 heterocycles. The van der Waals surface area contributed by atoms with Gasteiger partial charge in [0.05, 0.1) is 15.3 Å². The normalized spacial score (nSPS) is 13.4. The number of aromatic nitrogens is 1. The van der Waals surface area contributed by atoms with Gasteiger partial charge in [-0.05, 0) is 25.1 Å². The first kappa shape index (κ1) is 14.3. The number of nitrogen functional groups attached to an aromatic ring is 1. The number of sulfonamides is 1. The Morgan fingerprint density at radius 1 is 1.42 bits per heavy atom. The first-order valence-corrected chi connectivity index (χ1v) is 8.05. The van der Waals surface area contributed by atoms with E-state index >= 15 is 0 Å². The molecule has 0 bridgehead atoms. The van der Waals surface area contributed by atoms with Crippen molar-refractivity contribution in [1.29, 1.82) is 0 Å². The molecule has 3 N–H and O–H groups in total. The average molecular weight is 318 g/mol. The molecule has 0 aliphatic heterocycles. The standard InChI is InChI=1S/C11H12ClN3O2S2/c1-7(9-2-3-10(12)18-9)15-19(16,17)8-4-5-14-11(13)6-8/h2-7,15H,1H3,(H2,13,14). The highest BCUT2D eigenvalue weighted by molar-refractivity contribution is 7.89. The fourth-order valence-electron chi connectivity index (χ4n) is 1.51. The largest absolute Gasteiger partial charge is 0.384 e. The van der Waals surface area contributed by atoms with Gasteiger partial charge in [0, 0.05) is 17.1 Å². The Kier molecular flexibility index (Phi) is 4.10. The number of halogens is 1. The quantitative estimate of drug-likeness (QED) is 0.907. The lowest BCUT2D eigenvalue weighted by atomic mass is 10.3. The Morgan fingerprint density at radius 3 is 2.74 bits per heavy atom. The Morgan fingerprint density at radius 2 is 2.16 bits per heavy atom. The van der Waals surface area contributed by atoms with Crippen LogP contribution >= 0.6 is 22.9 Å². The third-order valence-electron chi connectivity index (χ3n) is 2.42. The smallest absolute Gasteiger partial charge is 0.241 e. The maximum Gasteiger partial charge on any atom is 0.241 e. The molecule has 2 aromatic heterocycles. The molecule has 5 nitrogen and oxygen atoms in total. The molecule has 0 fully saturated rings. The third-order valence-corrected chi connectivity index (χ3v) is 5.37. The van der Waals surface area contributed by atoms with Gasteiger partial charge in [0.15, 0.2) is 0 Å². The Labute approximate surface area is 120 Å². The summed E-state index contributed by atoms with van der Waals surface area (Å²) in [6, 6.07) is 5.87. The lowest BCUT2D eigenvalue weighted by Crippen LogP contribution is -2.26. The molecule has 19 heavy (non-hydrogen) atoms. The molecule has 0 radical (unpaired) electrons. The zero-order valence-electron chi connectivity index (χ0n) is 10.00. The molecule has 0 spiro atoms. The topological polar surface area (TPSA) is 85.1 Å². The number of rotatable bonds is 4. The highest BCUT2D eigenvalue weighted by Crippen LogP contribution is 2.27. The van der Waals surface area contributed by atoms with Crippen LogP contribution in [0.2, 0.25) is 4.34 Å². The zero-order chi connectivity index (χ0) is 14.0. The van der Waals surface area contributed by atoms with Crippen LogP contribution in [0.5, 0.6) is 0 Å². The number of nitrogens with zero attached hydrogens (tertiary/aromatic N) is 1. The van der Waals surface area contributed by atoms with Crippen LogP contribution < -0.4 is 10.5 Å². The number of hydrogen-bond acceptors (Lipinski definition) is 5. The van der Waals surface area contributed by atoms with Gasteiger partial charge in [0.1, 0.15) is 5.82 Å². The molecule has 0 aliphatic carbocycles. The minimum absolute atomic E-state index is 0.0921. The van der Waals surface area contributed by atoms with Crippen LogP contribution in [0.3, 0.4) is 0 Å². The van der Waals surface area contributed by atoms with E-state index in [1.165, 1.54) is 29.7 Å². The van der Waals surface area contributed by atoms with Gasteiger partial charge in [-0.2, -0.15) is 0 Å². The molecular formula is C11H12ClN3O2S2. The summed E-state index contributed by atoms with van der Waals surface area (Å²) >= 11 is 7.17. The summed E-state index contributed by atoms with van der Waals surface area (Å²) in [5.41, 5.74) is 5.48. The van der Waals surface area contributed by atoms with Crippen molar-refractivity contribution in [2.24, 2.45) is 0 Å². The van der Waals surface area contributed by atoms with Gasteiger partial charge in [0.2, 0.25) is 10.0 Å². The van der Waals surface area contributed by atoms with E-state index in [2.05, 4.69) is 9.71 Å². The Bertz CT molecular complexity index is 685. The van der Waals surface area contributed by atoms with E-state index in [-0.39, 0.29) is 16.8 Å². The van der Waals surface area contributed by atoms with E-state index in [1.807, 2.05) is 0 Å². The van der Waals surface area contributed by atoms with Gasteiger partial charge in [-0.1, -0.05) is 11.6 Å². The lowest BCUT2D eigenvalue weighted by Gasteiger charge is -2.12. The van der Waals surface area contributed by atoms with Crippen molar-refractivity contribution in [1.82, 2.24) is 9.71 Å². The molecule has 0 aromatic carbocycles. The zero-order valence-corrected chi connectivity index (χ0v) is 12.4. The van der Waals surface area contributed by atoms with E-state index in [0.717, 1.165) is 4.88 Å². The highest BCUT2D eigenvalue weighted by Gasteiger charge is 2.19. The molecule has 1 atom stereocenters. The van der Waals surface area contributed by atoms with Crippen molar-refractivity contribution in [3.63, 3.8) is 0 Å². The second-order valence-electron chi connectivity index (χ2n) is 3.90. The second-order valence-corrected chi connectivity index (χ2v) is 7.36. The first-order chi connectivity index (χ1) is 8.88. The summed E-state index contributed by atoms with van der Waals surface area (Å²) in [6.45, 7) is 1.75. The van der Waals surface area contributed by atoms with Crippen molar-refractivity contribution in [3.8, 4) is 0 Å². The molecule has 0 aliphatic rings. The number of pyridine rings is 1. The minimum atomic E-state index is -3.63. The summed E-state index contributed by atoms with van der Waals surface area (Å²) in [6.07, 6.45) is 1.36. The van der Waals surface area contributed by atoms with Gasteiger partial charge in [0.25, 0.3) is 0 Å². The number of hydrogen-bond donors (Lipinski definition) is 2. The molecule has 102 valence electrons. The van der Waals surface area contributed by atoms with Gasteiger partial charge in [-0.15, -0.1) is 11.3 Å². The summed E-state index contributed by atoms with van der Waals surface area (Å²) < 4.78 is 27.5. The second kappa shape index (κ2) is 5.46. The van der Waals surface area contributed by atoms with E-state index in [9.17, 15) is 8.42 Å². The molecule has 2 aromatic rings. The van der Waals surface area contributed by atoms with Gasteiger partial charge in [-0.3, -0.25) is 0 Å². The van der Waals surface area contributed by atoms with Crippen LogP contribution in [0.25, 0.3) is 0 Å². The minimum Gasteiger partial charge on any atom is -0.384 e. The van der Waals surface area contributed by atoms with E-state index in [0.29, 0.717) is 4.34 Å². The molecule has 1 unspecified atom stereocenters. The van der Waals surface area contributed by atoms with Crippen molar-refractivity contribution < 1.29 is 8.42 Å². The van der Waals surface area contributed by atoms with E-state index in [1.54, 1.807) is 19.1 Å². The van der Waals surface area contributed by atoms with Gasteiger partial charge >= 0.3 is 0 Å². The van der Waals surface area contributed by atoms with Crippen molar-refractivity contribution in [3.05, 3.63) is 39.7 Å². The third kappa shape index (κ3) is 3.44. The lowest BCUT2D eigenvalue weighted by molar-refractivity contribution is 0.568. The summed E-state index contributed by atoms with van der Waals surface area (Å²) in [7, 11) is -3.63. The highest BCUT2D eigenvalue weighted by atomic mass is 35.5. The molecular weight excluding hydrogens is 306 g/mol. The van der Waals surface area contributed by atoms with Crippen LogP contribution in [0, 0.1) is 0 Å². The number of thiophene rings is 1. The SMILES string of the molecule is CC(NS(=O)(=O)c1ccnc(N)c1)c1ccc(Cl)s1. The van der Waals surface area contributed by atoms with Crippen molar-refractivity contribution in [2.75, 3.05) is 5.73 Å². The van der Waals surface area contributed by atoms with Crippen LogP contribution in [0.1, 0.15) is 17.8 Å². The molecule has 8 heteroatoms. The van der Waals surface area contributed by atoms with Crippen LogP contribution in [0.15, 0.2) is 35.4 Å². The number of nitrogens with two attached hydrogens (primary N) is 1. The van der Waals surface area contributed by atoms with Crippen molar-refractivity contribution in [2.45, 2.75) is 17.9 Å². The van der Waals surface area contributed by atoms with Crippen LogP contribution in [-0.2, 0) is 10.0 Å². The van der Waals surface area contributed by atoms with Gasteiger partial charge < -0.3 is 5.73 Å². The van der Waals surface area contributed by atoms with Gasteiger partial charge in [-0.25, -0.2) is 18.1 Å². The molecule has 0 amide bonds. The predicted octanol–water partition coefficient (Wildman–Crippen LogP) is 2.42. The predicted molar refractivity (Wildman–Crippen MR) is 76.7 cm³/mol. The fourth-order valence-corrected chi connectivity index (χ4v) is 3.90. The Balaban J connectivity index is 2.22. The summed E-state index contributed by atoms with van der Waals surface area (Å²) in [5.74, 6) is 0.162. The number of nitrogens with one attached hydrogen (secondary N) is 1. The molecule has 2 rings (SSSR count). The molecule has 0 saturated carbocycles. The first-order valence-electron chi connectivity index (χ1n) is 5.37. The Hall–Kier alpha value is -1.15. The van der Waals surface area contributed by atoms with Crippen molar-refractivity contribution >= 4 is 38.8 Å². The monoisotopic (exact) mass is 317 g/mol. The van der Waals surface area contributed by atoms with E-state index in [4.69, 9.17) is 17.3 Å². The average Bonchev–Trinajstić information content (AvgIpc) is 2.75.